The molecule has 7 nitrogen and oxygen atoms in total. The lowest BCUT2D eigenvalue weighted by Gasteiger charge is -2.38. The Bertz CT molecular complexity index is 865. The SMILES string of the molecule is COc1cccc(N2CCN(C(C)C(=O)Nc3ccc4c(c3)OCCO4)CC2)c1. The Labute approximate surface area is 171 Å². The molecule has 0 bridgehead atoms. The van der Waals surface area contributed by atoms with E-state index in [1.165, 1.54) is 0 Å². The highest BCUT2D eigenvalue weighted by molar-refractivity contribution is 5.94. The van der Waals surface area contributed by atoms with Gasteiger partial charge in [-0.3, -0.25) is 9.69 Å². The van der Waals surface area contributed by atoms with E-state index in [9.17, 15) is 4.79 Å². The monoisotopic (exact) mass is 397 g/mol. The molecule has 4 rings (SSSR count). The minimum Gasteiger partial charge on any atom is -0.497 e. The number of carbonyl (C=O) groups is 1. The van der Waals surface area contributed by atoms with Gasteiger partial charge >= 0.3 is 0 Å². The van der Waals surface area contributed by atoms with Crippen molar-refractivity contribution in [3.63, 3.8) is 0 Å². The van der Waals surface area contributed by atoms with Gasteiger partial charge in [-0.25, -0.2) is 0 Å². The number of benzene rings is 2. The first kappa shape index (κ1) is 19.4. The average molecular weight is 397 g/mol. The molecule has 1 saturated heterocycles. The van der Waals surface area contributed by atoms with Crippen molar-refractivity contribution < 1.29 is 19.0 Å². The van der Waals surface area contributed by atoms with Crippen LogP contribution in [-0.2, 0) is 4.79 Å². The molecule has 2 aromatic rings. The first-order chi connectivity index (χ1) is 14.1. The summed E-state index contributed by atoms with van der Waals surface area (Å²) in [4.78, 5) is 17.3. The van der Waals surface area contributed by atoms with Gasteiger partial charge in [-0.1, -0.05) is 6.07 Å². The maximum atomic E-state index is 12.8. The predicted octanol–water partition coefficient (Wildman–Crippen LogP) is 2.62. The van der Waals surface area contributed by atoms with Crippen LogP contribution in [-0.4, -0.2) is 63.4 Å². The van der Waals surface area contributed by atoms with E-state index in [2.05, 4.69) is 21.2 Å². The third kappa shape index (κ3) is 4.40. The minimum atomic E-state index is -0.212. The molecule has 1 N–H and O–H groups in total. The van der Waals surface area contributed by atoms with Crippen LogP contribution in [0.2, 0.25) is 0 Å². The molecule has 1 atom stereocenters. The zero-order valence-corrected chi connectivity index (χ0v) is 16.9. The summed E-state index contributed by atoms with van der Waals surface area (Å²) in [5.74, 6) is 2.23. The number of piperazine rings is 1. The zero-order chi connectivity index (χ0) is 20.2. The van der Waals surface area contributed by atoms with Crippen LogP contribution in [0, 0.1) is 0 Å². The van der Waals surface area contributed by atoms with Crippen LogP contribution >= 0.6 is 0 Å². The molecule has 154 valence electrons. The lowest BCUT2D eigenvalue weighted by Crippen LogP contribution is -2.52. The molecular formula is C22H27N3O4. The van der Waals surface area contributed by atoms with Crippen molar-refractivity contribution in [1.82, 2.24) is 4.90 Å². The molecule has 0 aliphatic carbocycles. The first-order valence-corrected chi connectivity index (χ1v) is 9.97. The number of hydrogen-bond donors (Lipinski definition) is 1. The molecule has 7 heteroatoms. The quantitative estimate of drug-likeness (QED) is 0.837. The van der Waals surface area contributed by atoms with Crippen LogP contribution in [0.15, 0.2) is 42.5 Å². The summed E-state index contributed by atoms with van der Waals surface area (Å²) < 4.78 is 16.4. The van der Waals surface area contributed by atoms with Crippen LogP contribution in [0.3, 0.4) is 0 Å². The molecule has 0 aromatic heterocycles. The van der Waals surface area contributed by atoms with Crippen LogP contribution in [0.25, 0.3) is 0 Å². The van der Waals surface area contributed by atoms with E-state index < -0.39 is 0 Å². The normalized spacial score (nSPS) is 17.5. The van der Waals surface area contributed by atoms with Crippen molar-refractivity contribution in [3.05, 3.63) is 42.5 Å². The van der Waals surface area contributed by atoms with E-state index in [4.69, 9.17) is 14.2 Å². The predicted molar refractivity (Wildman–Crippen MR) is 112 cm³/mol. The second kappa shape index (κ2) is 8.61. The van der Waals surface area contributed by atoms with Gasteiger partial charge in [0.25, 0.3) is 0 Å². The fourth-order valence-electron chi connectivity index (χ4n) is 3.71. The highest BCUT2D eigenvalue weighted by Gasteiger charge is 2.26. The Hall–Kier alpha value is -2.93. The lowest BCUT2D eigenvalue weighted by atomic mass is 10.2. The van der Waals surface area contributed by atoms with Gasteiger partial charge in [0, 0.05) is 49.7 Å². The van der Waals surface area contributed by atoms with Crippen LogP contribution in [0.4, 0.5) is 11.4 Å². The highest BCUT2D eigenvalue weighted by Crippen LogP contribution is 2.32. The summed E-state index contributed by atoms with van der Waals surface area (Å²) in [5, 5.41) is 3.00. The number of nitrogens with one attached hydrogen (secondary N) is 1. The van der Waals surface area contributed by atoms with Crippen molar-refractivity contribution in [1.29, 1.82) is 0 Å². The van der Waals surface area contributed by atoms with Gasteiger partial charge in [-0.05, 0) is 31.2 Å². The first-order valence-electron chi connectivity index (χ1n) is 9.97. The number of ether oxygens (including phenoxy) is 3. The van der Waals surface area contributed by atoms with Gasteiger partial charge in [0.1, 0.15) is 19.0 Å². The Morgan fingerprint density at radius 3 is 2.55 bits per heavy atom. The standard InChI is InChI=1S/C22H27N3O4/c1-16(22(26)23-17-6-7-20-21(14-17)29-13-12-28-20)24-8-10-25(11-9-24)18-4-3-5-19(15-18)27-2/h3-7,14-16H,8-13H2,1-2H3,(H,23,26). The van der Waals surface area contributed by atoms with Gasteiger partial charge in [-0.2, -0.15) is 0 Å². The van der Waals surface area contributed by atoms with Crippen LogP contribution in [0.1, 0.15) is 6.92 Å². The fourth-order valence-corrected chi connectivity index (χ4v) is 3.71. The van der Waals surface area contributed by atoms with Gasteiger partial charge < -0.3 is 24.4 Å². The van der Waals surface area contributed by atoms with Crippen molar-refractivity contribution in [2.45, 2.75) is 13.0 Å². The summed E-state index contributed by atoms with van der Waals surface area (Å²) in [6, 6.07) is 13.4. The fraction of sp³-hybridized carbons (Fsp3) is 0.409. The van der Waals surface area contributed by atoms with Gasteiger partial charge in [0.2, 0.25) is 5.91 Å². The molecule has 1 fully saturated rings. The Morgan fingerprint density at radius 1 is 1.03 bits per heavy atom. The number of nitrogens with zero attached hydrogens (tertiary/aromatic N) is 2. The number of fused-ring (bicyclic) bond motifs is 1. The second-order valence-corrected chi connectivity index (χ2v) is 7.25. The number of carbonyl (C=O) groups excluding carboxylic acids is 1. The maximum absolute atomic E-state index is 12.8. The largest absolute Gasteiger partial charge is 0.497 e. The summed E-state index contributed by atoms with van der Waals surface area (Å²) in [6.45, 7) is 6.42. The summed E-state index contributed by atoms with van der Waals surface area (Å²) in [6.07, 6.45) is 0. The van der Waals surface area contributed by atoms with Crippen molar-refractivity contribution in [2.24, 2.45) is 0 Å². The molecule has 2 heterocycles. The van der Waals surface area contributed by atoms with Crippen LogP contribution in [0.5, 0.6) is 17.2 Å². The molecule has 0 radical (unpaired) electrons. The molecule has 0 saturated carbocycles. The van der Waals surface area contributed by atoms with E-state index in [-0.39, 0.29) is 11.9 Å². The van der Waals surface area contributed by atoms with Crippen molar-refractivity contribution in [3.8, 4) is 17.2 Å². The highest BCUT2D eigenvalue weighted by atomic mass is 16.6. The molecule has 0 spiro atoms. The van der Waals surface area contributed by atoms with Crippen molar-refractivity contribution in [2.75, 3.05) is 56.7 Å². The number of amides is 1. The molecular weight excluding hydrogens is 370 g/mol. The Balaban J connectivity index is 1.33. The molecule has 1 amide bonds. The summed E-state index contributed by atoms with van der Waals surface area (Å²) in [7, 11) is 1.68. The minimum absolute atomic E-state index is 0.0171. The molecule has 29 heavy (non-hydrogen) atoms. The van der Waals surface area contributed by atoms with Gasteiger partial charge in [-0.15, -0.1) is 0 Å². The Kier molecular flexibility index (Phi) is 5.76. The third-order valence-electron chi connectivity index (χ3n) is 5.47. The Morgan fingerprint density at radius 2 is 1.79 bits per heavy atom. The third-order valence-corrected chi connectivity index (χ3v) is 5.47. The van der Waals surface area contributed by atoms with E-state index in [1.807, 2.05) is 43.3 Å². The van der Waals surface area contributed by atoms with E-state index in [0.29, 0.717) is 19.0 Å². The number of rotatable bonds is 5. The van der Waals surface area contributed by atoms with E-state index >= 15 is 0 Å². The topological polar surface area (TPSA) is 63.3 Å². The maximum Gasteiger partial charge on any atom is 0.241 e. The number of anilines is 2. The van der Waals surface area contributed by atoms with Crippen LogP contribution < -0.4 is 24.4 Å². The smallest absolute Gasteiger partial charge is 0.241 e. The summed E-state index contributed by atoms with van der Waals surface area (Å²) >= 11 is 0. The molecule has 2 aliphatic rings. The zero-order valence-electron chi connectivity index (χ0n) is 16.9. The average Bonchev–Trinajstić information content (AvgIpc) is 2.78. The molecule has 2 aromatic carbocycles. The lowest BCUT2D eigenvalue weighted by molar-refractivity contribution is -0.120. The van der Waals surface area contributed by atoms with E-state index in [0.717, 1.165) is 49.1 Å². The summed E-state index contributed by atoms with van der Waals surface area (Å²) in [5.41, 5.74) is 1.87. The van der Waals surface area contributed by atoms with Crippen molar-refractivity contribution >= 4 is 17.3 Å². The van der Waals surface area contributed by atoms with Gasteiger partial charge in [0.05, 0.1) is 13.2 Å². The second-order valence-electron chi connectivity index (χ2n) is 7.25. The number of hydrogen-bond acceptors (Lipinski definition) is 6. The van der Waals surface area contributed by atoms with Gasteiger partial charge in [0.15, 0.2) is 11.5 Å². The van der Waals surface area contributed by atoms with E-state index in [1.54, 1.807) is 7.11 Å². The number of methoxy groups -OCH3 is 1. The molecule has 1 unspecified atom stereocenters. The molecule has 2 aliphatic heterocycles.